The van der Waals surface area contributed by atoms with Crippen LogP contribution >= 0.6 is 0 Å². The summed E-state index contributed by atoms with van der Waals surface area (Å²) >= 11 is 0. The number of ether oxygens (including phenoxy) is 1. The predicted molar refractivity (Wildman–Crippen MR) is 130 cm³/mol. The minimum atomic E-state index is -0.802. The van der Waals surface area contributed by atoms with Crippen molar-refractivity contribution in [3.05, 3.63) is 83.7 Å². The Hall–Kier alpha value is -3.81. The molecule has 4 rings (SSSR count). The first-order valence-corrected chi connectivity index (χ1v) is 11.9. The Kier molecular flexibility index (Phi) is 7.39. The standard InChI is InChI=1S/C27H31N3O5/c1-18(2)15-21(28-27(34)35-17-19-9-5-3-6-10-19)26(33)29-14-13-22-24(29)23(31)16-30(22)25(32)20-11-7-4-8-12-20/h3-12,16,18,21-22,24,31H,13-15,17H2,1-2H3,(H,28,34)/t21-,22+,24-/m0/s1. The molecule has 2 heterocycles. The Morgan fingerprint density at radius 3 is 2.37 bits per heavy atom. The number of carbonyl (C=O) groups excluding carboxylic acids is 3. The summed E-state index contributed by atoms with van der Waals surface area (Å²) in [5.41, 5.74) is 1.36. The molecular formula is C27H31N3O5. The number of likely N-dealkylation sites (tertiary alicyclic amines) is 1. The molecule has 0 bridgehead atoms. The Bertz CT molecular complexity index is 1090. The molecule has 2 aliphatic heterocycles. The summed E-state index contributed by atoms with van der Waals surface area (Å²) in [7, 11) is 0. The predicted octanol–water partition coefficient (Wildman–Crippen LogP) is 3.85. The number of rotatable bonds is 7. The molecule has 8 nitrogen and oxygen atoms in total. The highest BCUT2D eigenvalue weighted by Crippen LogP contribution is 2.35. The van der Waals surface area contributed by atoms with E-state index in [0.717, 1.165) is 5.56 Å². The number of aliphatic hydroxyl groups excluding tert-OH is 1. The topological polar surface area (TPSA) is 99.2 Å². The molecule has 1 saturated heterocycles. The molecule has 184 valence electrons. The lowest BCUT2D eigenvalue weighted by molar-refractivity contribution is -0.134. The van der Waals surface area contributed by atoms with Crippen molar-refractivity contribution in [2.24, 2.45) is 5.92 Å². The summed E-state index contributed by atoms with van der Waals surface area (Å²) in [4.78, 5) is 42.1. The number of hydrogen-bond donors (Lipinski definition) is 2. The normalized spacial score (nSPS) is 19.8. The van der Waals surface area contributed by atoms with Gasteiger partial charge in [-0.15, -0.1) is 0 Å². The number of benzene rings is 2. The number of amides is 3. The van der Waals surface area contributed by atoms with Gasteiger partial charge in [0.05, 0.1) is 6.04 Å². The average Bonchev–Trinajstić information content (AvgIpc) is 3.44. The van der Waals surface area contributed by atoms with Crippen LogP contribution in [0.5, 0.6) is 0 Å². The smallest absolute Gasteiger partial charge is 0.408 e. The van der Waals surface area contributed by atoms with Crippen molar-refractivity contribution in [1.29, 1.82) is 0 Å². The van der Waals surface area contributed by atoms with Crippen LogP contribution in [-0.2, 0) is 16.1 Å². The first-order valence-electron chi connectivity index (χ1n) is 11.9. The van der Waals surface area contributed by atoms with Gasteiger partial charge in [-0.1, -0.05) is 62.4 Å². The third-order valence-corrected chi connectivity index (χ3v) is 6.35. The van der Waals surface area contributed by atoms with Gasteiger partial charge in [-0.3, -0.25) is 9.59 Å². The van der Waals surface area contributed by atoms with Gasteiger partial charge in [-0.05, 0) is 36.5 Å². The van der Waals surface area contributed by atoms with Gasteiger partial charge in [0.2, 0.25) is 5.91 Å². The number of carbonyl (C=O) groups is 3. The maximum absolute atomic E-state index is 13.5. The second-order valence-electron chi connectivity index (χ2n) is 9.35. The molecule has 3 amide bonds. The number of nitrogens with zero attached hydrogens (tertiary/aromatic N) is 2. The first-order chi connectivity index (χ1) is 16.8. The van der Waals surface area contributed by atoms with Crippen LogP contribution in [0.4, 0.5) is 4.79 Å². The van der Waals surface area contributed by atoms with E-state index in [1.807, 2.05) is 50.2 Å². The van der Waals surface area contributed by atoms with Crippen molar-refractivity contribution < 1.29 is 24.2 Å². The third kappa shape index (κ3) is 5.48. The maximum atomic E-state index is 13.5. The number of aliphatic hydroxyl groups is 1. The molecule has 35 heavy (non-hydrogen) atoms. The van der Waals surface area contributed by atoms with Crippen LogP contribution in [0.2, 0.25) is 0 Å². The summed E-state index contributed by atoms with van der Waals surface area (Å²) in [5, 5.41) is 13.4. The highest BCUT2D eigenvalue weighted by molar-refractivity contribution is 5.96. The van der Waals surface area contributed by atoms with Crippen LogP contribution in [0, 0.1) is 5.92 Å². The number of hydrogen-bond acceptors (Lipinski definition) is 5. The molecule has 2 aromatic rings. The Balaban J connectivity index is 1.44. The summed E-state index contributed by atoms with van der Waals surface area (Å²) in [5.74, 6) is -0.405. The van der Waals surface area contributed by atoms with E-state index in [2.05, 4.69) is 5.32 Å². The molecule has 2 aliphatic rings. The lowest BCUT2D eigenvalue weighted by atomic mass is 10.0. The fraction of sp³-hybridized carbons (Fsp3) is 0.370. The quantitative estimate of drug-likeness (QED) is 0.631. The molecule has 8 heteroatoms. The van der Waals surface area contributed by atoms with Crippen LogP contribution in [0.25, 0.3) is 0 Å². The molecule has 0 radical (unpaired) electrons. The first kappa shape index (κ1) is 24.3. The van der Waals surface area contributed by atoms with E-state index in [9.17, 15) is 19.5 Å². The molecule has 1 fully saturated rings. The van der Waals surface area contributed by atoms with Gasteiger partial charge in [-0.25, -0.2) is 4.79 Å². The van der Waals surface area contributed by atoms with Gasteiger partial charge in [0, 0.05) is 18.3 Å². The highest BCUT2D eigenvalue weighted by Gasteiger charge is 2.49. The van der Waals surface area contributed by atoms with E-state index in [4.69, 9.17) is 4.74 Å². The Labute approximate surface area is 205 Å². The second kappa shape index (κ2) is 10.6. The van der Waals surface area contributed by atoms with Crippen molar-refractivity contribution in [2.75, 3.05) is 6.54 Å². The minimum absolute atomic E-state index is 0.0277. The van der Waals surface area contributed by atoms with Crippen molar-refractivity contribution in [2.45, 2.75) is 51.4 Å². The fourth-order valence-corrected chi connectivity index (χ4v) is 4.73. The lowest BCUT2D eigenvalue weighted by Crippen LogP contribution is -2.52. The van der Waals surface area contributed by atoms with Gasteiger partial charge >= 0.3 is 6.09 Å². The molecule has 0 saturated carbocycles. The van der Waals surface area contributed by atoms with Crippen LogP contribution in [0.1, 0.15) is 42.6 Å². The highest BCUT2D eigenvalue weighted by atomic mass is 16.5. The van der Waals surface area contributed by atoms with E-state index >= 15 is 0 Å². The van der Waals surface area contributed by atoms with Crippen LogP contribution in [0.15, 0.2) is 72.6 Å². The zero-order valence-corrected chi connectivity index (χ0v) is 20.0. The molecule has 0 unspecified atom stereocenters. The molecule has 2 N–H and O–H groups in total. The zero-order chi connectivity index (χ0) is 24.9. The molecule has 2 aromatic carbocycles. The van der Waals surface area contributed by atoms with Gasteiger partial charge in [0.15, 0.2) is 0 Å². The SMILES string of the molecule is CC(C)C[C@H](NC(=O)OCc1ccccc1)C(=O)N1CC[C@@H]2[C@H]1C(O)=CN2C(=O)c1ccccc1. The average molecular weight is 478 g/mol. The van der Waals surface area contributed by atoms with Gasteiger partial charge in [0.1, 0.15) is 24.4 Å². The van der Waals surface area contributed by atoms with Crippen molar-refractivity contribution in [3.8, 4) is 0 Å². The van der Waals surface area contributed by atoms with Crippen molar-refractivity contribution in [3.63, 3.8) is 0 Å². The Morgan fingerprint density at radius 1 is 1.06 bits per heavy atom. The van der Waals surface area contributed by atoms with Crippen molar-refractivity contribution in [1.82, 2.24) is 15.1 Å². The number of nitrogens with one attached hydrogen (secondary N) is 1. The second-order valence-corrected chi connectivity index (χ2v) is 9.35. The van der Waals surface area contributed by atoms with Gasteiger partial charge in [-0.2, -0.15) is 0 Å². The van der Waals surface area contributed by atoms with E-state index in [1.54, 1.807) is 29.2 Å². The number of fused-ring (bicyclic) bond motifs is 1. The van der Waals surface area contributed by atoms with Crippen LogP contribution in [0.3, 0.4) is 0 Å². The van der Waals surface area contributed by atoms with E-state index in [0.29, 0.717) is 24.9 Å². The van der Waals surface area contributed by atoms with E-state index in [-0.39, 0.29) is 36.1 Å². The van der Waals surface area contributed by atoms with Crippen LogP contribution in [-0.4, -0.2) is 57.5 Å². The summed E-state index contributed by atoms with van der Waals surface area (Å²) in [6.45, 7) is 4.41. The molecular weight excluding hydrogens is 446 g/mol. The zero-order valence-electron chi connectivity index (χ0n) is 20.0. The Morgan fingerprint density at radius 2 is 1.71 bits per heavy atom. The number of alkyl carbamates (subject to hydrolysis) is 1. The van der Waals surface area contributed by atoms with Crippen LogP contribution < -0.4 is 5.32 Å². The molecule has 3 atom stereocenters. The molecule has 0 spiro atoms. The van der Waals surface area contributed by atoms with Gasteiger partial charge in [0.25, 0.3) is 5.91 Å². The third-order valence-electron chi connectivity index (χ3n) is 6.35. The maximum Gasteiger partial charge on any atom is 0.408 e. The van der Waals surface area contributed by atoms with Crippen molar-refractivity contribution >= 4 is 17.9 Å². The fourth-order valence-electron chi connectivity index (χ4n) is 4.73. The lowest BCUT2D eigenvalue weighted by Gasteiger charge is -2.30. The summed E-state index contributed by atoms with van der Waals surface area (Å²) in [6, 6.07) is 16.4. The largest absolute Gasteiger partial charge is 0.508 e. The van der Waals surface area contributed by atoms with E-state index in [1.165, 1.54) is 11.1 Å². The molecule has 0 aromatic heterocycles. The monoisotopic (exact) mass is 477 g/mol. The minimum Gasteiger partial charge on any atom is -0.508 e. The summed E-state index contributed by atoms with van der Waals surface area (Å²) < 4.78 is 5.32. The molecule has 0 aliphatic carbocycles. The van der Waals surface area contributed by atoms with Gasteiger partial charge < -0.3 is 25.0 Å². The van der Waals surface area contributed by atoms with E-state index < -0.39 is 18.2 Å². The summed E-state index contributed by atoms with van der Waals surface area (Å²) in [6.07, 6.45) is 1.70.